The first-order valence-electron chi connectivity index (χ1n) is 9.99. The zero-order valence-corrected chi connectivity index (χ0v) is 20.0. The van der Waals surface area contributed by atoms with Gasteiger partial charge in [0, 0.05) is 51.8 Å². The van der Waals surface area contributed by atoms with Gasteiger partial charge in [-0.15, -0.1) is 22.7 Å². The van der Waals surface area contributed by atoms with Crippen LogP contribution in [0, 0.1) is 6.92 Å². The van der Waals surface area contributed by atoms with E-state index >= 15 is 0 Å². The highest BCUT2D eigenvalue weighted by molar-refractivity contribution is 8.02. The fraction of sp³-hybridized carbons (Fsp3) is 0.192. The van der Waals surface area contributed by atoms with Crippen molar-refractivity contribution in [3.63, 3.8) is 0 Å². The maximum atomic E-state index is 4.90. The third-order valence-electron chi connectivity index (χ3n) is 5.44. The van der Waals surface area contributed by atoms with E-state index in [9.17, 15) is 0 Å². The molecule has 0 saturated carbocycles. The Morgan fingerprint density at radius 3 is 2.47 bits per heavy atom. The van der Waals surface area contributed by atoms with Gasteiger partial charge in [0.15, 0.2) is 0 Å². The van der Waals surface area contributed by atoms with Crippen LogP contribution in [0.25, 0.3) is 41.5 Å². The second-order valence-electron chi connectivity index (χ2n) is 8.59. The van der Waals surface area contributed by atoms with Crippen LogP contribution in [-0.4, -0.2) is 4.98 Å². The number of pyridine rings is 1. The summed E-state index contributed by atoms with van der Waals surface area (Å²) in [5.41, 5.74) is 3.64. The van der Waals surface area contributed by atoms with Crippen molar-refractivity contribution in [2.75, 3.05) is 0 Å². The molecular formula is C26H23NS3. The van der Waals surface area contributed by atoms with Crippen molar-refractivity contribution in [3.05, 3.63) is 71.1 Å². The maximum Gasteiger partial charge on any atom is 0.0795 e. The molecule has 0 amide bonds. The predicted octanol–water partition coefficient (Wildman–Crippen LogP) is 9.17. The Balaban J connectivity index is 1.85. The molecule has 5 rings (SSSR count). The largest absolute Gasteiger partial charge is 0.256 e. The van der Waals surface area contributed by atoms with Crippen molar-refractivity contribution in [2.24, 2.45) is 0 Å². The Kier molecular flexibility index (Phi) is 4.77. The first-order valence-corrected chi connectivity index (χ1v) is 12.5. The van der Waals surface area contributed by atoms with Crippen LogP contribution < -0.4 is 0 Å². The molecule has 0 aliphatic rings. The standard InChI is InChI=1S/C26H23NS3/c1-6-28-20-8-7-16(14-18(20)26(3,4)5)25-24-22(11-12-27-25)30-21-10-9-19-17(23(21)24)13-15(2)29-19/h6-14H,1H2,2-5H3. The Labute approximate surface area is 189 Å². The summed E-state index contributed by atoms with van der Waals surface area (Å²) in [6, 6.07) is 15.8. The molecule has 0 bridgehead atoms. The molecule has 0 fully saturated rings. The Hall–Kier alpha value is -2.14. The summed E-state index contributed by atoms with van der Waals surface area (Å²) < 4.78 is 3.98. The number of nitrogens with zero attached hydrogens (tertiary/aromatic N) is 1. The zero-order valence-electron chi connectivity index (χ0n) is 17.6. The van der Waals surface area contributed by atoms with Crippen LogP contribution in [-0.2, 0) is 5.41 Å². The third-order valence-corrected chi connectivity index (χ3v) is 8.35. The summed E-state index contributed by atoms with van der Waals surface area (Å²) in [4.78, 5) is 7.51. The van der Waals surface area contributed by atoms with Gasteiger partial charge in [0.05, 0.1) is 5.69 Å². The van der Waals surface area contributed by atoms with E-state index < -0.39 is 0 Å². The van der Waals surface area contributed by atoms with Crippen molar-refractivity contribution < 1.29 is 0 Å². The molecule has 0 aliphatic heterocycles. The monoisotopic (exact) mass is 445 g/mol. The van der Waals surface area contributed by atoms with Gasteiger partial charge in [0.2, 0.25) is 0 Å². The molecule has 0 aliphatic carbocycles. The van der Waals surface area contributed by atoms with E-state index in [0.717, 1.165) is 5.69 Å². The Morgan fingerprint density at radius 2 is 1.70 bits per heavy atom. The molecule has 3 aromatic heterocycles. The molecule has 1 nitrogen and oxygen atoms in total. The lowest BCUT2D eigenvalue weighted by Gasteiger charge is -2.23. The lowest BCUT2D eigenvalue weighted by molar-refractivity contribution is 0.578. The second kappa shape index (κ2) is 7.23. The summed E-state index contributed by atoms with van der Waals surface area (Å²) in [5, 5.41) is 5.89. The zero-order chi connectivity index (χ0) is 21.0. The van der Waals surface area contributed by atoms with Gasteiger partial charge >= 0.3 is 0 Å². The molecule has 5 aromatic rings. The van der Waals surface area contributed by atoms with Crippen LogP contribution in [0.15, 0.2) is 65.5 Å². The number of thioether (sulfide) groups is 1. The number of rotatable bonds is 3. The van der Waals surface area contributed by atoms with Crippen molar-refractivity contribution in [1.29, 1.82) is 0 Å². The maximum absolute atomic E-state index is 4.90. The highest BCUT2D eigenvalue weighted by Gasteiger charge is 2.21. The molecule has 4 heteroatoms. The number of thiophene rings is 2. The van der Waals surface area contributed by atoms with Gasteiger partial charge in [0.1, 0.15) is 0 Å². The van der Waals surface area contributed by atoms with E-state index in [4.69, 9.17) is 4.98 Å². The topological polar surface area (TPSA) is 12.9 Å². The second-order valence-corrected chi connectivity index (χ2v) is 12.0. The number of benzene rings is 2. The van der Waals surface area contributed by atoms with Gasteiger partial charge in [-0.25, -0.2) is 0 Å². The summed E-state index contributed by atoms with van der Waals surface area (Å²) in [5.74, 6) is 0. The van der Waals surface area contributed by atoms with Crippen LogP contribution in [0.5, 0.6) is 0 Å². The van der Waals surface area contributed by atoms with E-state index in [2.05, 4.69) is 76.7 Å². The average Bonchev–Trinajstić information content (AvgIpc) is 3.26. The van der Waals surface area contributed by atoms with Crippen LogP contribution >= 0.6 is 34.4 Å². The molecule has 150 valence electrons. The van der Waals surface area contributed by atoms with Crippen LogP contribution in [0.4, 0.5) is 0 Å². The summed E-state index contributed by atoms with van der Waals surface area (Å²) >= 11 is 5.42. The van der Waals surface area contributed by atoms with Crippen molar-refractivity contribution in [2.45, 2.75) is 38.0 Å². The fourth-order valence-corrected chi connectivity index (χ4v) is 6.99. The Morgan fingerprint density at radius 1 is 0.933 bits per heavy atom. The van der Waals surface area contributed by atoms with E-state index in [1.807, 2.05) is 34.3 Å². The molecule has 0 radical (unpaired) electrons. The molecule has 2 aromatic carbocycles. The quantitative estimate of drug-likeness (QED) is 0.257. The average molecular weight is 446 g/mol. The number of aryl methyl sites for hydroxylation is 1. The number of aromatic nitrogens is 1. The molecule has 0 unspecified atom stereocenters. The molecule has 0 saturated heterocycles. The van der Waals surface area contributed by atoms with E-state index in [0.29, 0.717) is 0 Å². The van der Waals surface area contributed by atoms with Gasteiger partial charge in [0.25, 0.3) is 0 Å². The van der Waals surface area contributed by atoms with Crippen LogP contribution in [0.3, 0.4) is 0 Å². The van der Waals surface area contributed by atoms with Gasteiger partial charge in [-0.2, -0.15) is 0 Å². The summed E-state index contributed by atoms with van der Waals surface area (Å²) in [6.45, 7) is 12.9. The molecule has 0 N–H and O–H groups in total. The van der Waals surface area contributed by atoms with Crippen molar-refractivity contribution >= 4 is 64.7 Å². The third kappa shape index (κ3) is 3.18. The van der Waals surface area contributed by atoms with Crippen LogP contribution in [0.1, 0.15) is 31.2 Å². The van der Waals surface area contributed by atoms with Gasteiger partial charge in [-0.05, 0) is 59.7 Å². The molecule has 30 heavy (non-hydrogen) atoms. The number of hydrogen-bond acceptors (Lipinski definition) is 4. The molecule has 3 heterocycles. The van der Waals surface area contributed by atoms with Gasteiger partial charge < -0.3 is 0 Å². The normalized spacial score (nSPS) is 12.3. The number of hydrogen-bond donors (Lipinski definition) is 0. The Bertz CT molecular complexity index is 1430. The lowest BCUT2D eigenvalue weighted by atomic mass is 9.85. The van der Waals surface area contributed by atoms with Crippen molar-refractivity contribution in [3.8, 4) is 11.3 Å². The fourth-order valence-electron chi connectivity index (χ4n) is 4.13. The first-order chi connectivity index (χ1) is 14.4. The minimum Gasteiger partial charge on any atom is -0.256 e. The molecule has 0 spiro atoms. The molecular weight excluding hydrogens is 422 g/mol. The first kappa shape index (κ1) is 19.8. The van der Waals surface area contributed by atoms with E-state index in [1.165, 1.54) is 51.2 Å². The smallest absolute Gasteiger partial charge is 0.0795 e. The predicted molar refractivity (Wildman–Crippen MR) is 137 cm³/mol. The van der Waals surface area contributed by atoms with Crippen molar-refractivity contribution in [1.82, 2.24) is 4.98 Å². The van der Waals surface area contributed by atoms with E-state index in [1.54, 1.807) is 11.8 Å². The SMILES string of the molecule is C=CSc1ccc(-c2nccc3sc4ccc5sc(C)cc5c4c23)cc1C(C)(C)C. The highest BCUT2D eigenvalue weighted by atomic mass is 32.2. The number of fused-ring (bicyclic) bond motifs is 5. The van der Waals surface area contributed by atoms with Gasteiger partial charge in [-0.3, -0.25) is 4.98 Å². The molecule has 0 atom stereocenters. The summed E-state index contributed by atoms with van der Waals surface area (Å²) in [7, 11) is 0. The van der Waals surface area contributed by atoms with Crippen LogP contribution in [0.2, 0.25) is 0 Å². The summed E-state index contributed by atoms with van der Waals surface area (Å²) in [6.07, 6.45) is 1.95. The van der Waals surface area contributed by atoms with E-state index in [-0.39, 0.29) is 5.41 Å². The highest BCUT2D eigenvalue weighted by Crippen LogP contribution is 2.45. The minimum absolute atomic E-state index is 0.0453. The van der Waals surface area contributed by atoms with Gasteiger partial charge in [-0.1, -0.05) is 45.2 Å². The minimum atomic E-state index is 0.0453. The lowest BCUT2D eigenvalue weighted by Crippen LogP contribution is -2.12.